The largest absolute Gasteiger partial charge is 0.399 e. The van der Waals surface area contributed by atoms with Gasteiger partial charge in [0, 0.05) is 11.4 Å². The number of rotatable bonds is 3. The number of aromatic nitrogens is 3. The third-order valence-electron chi connectivity index (χ3n) is 2.43. The second kappa shape index (κ2) is 4.87. The zero-order chi connectivity index (χ0) is 13.1. The predicted octanol–water partition coefficient (Wildman–Crippen LogP) is 1.12. The Hall–Kier alpha value is -2.37. The van der Waals surface area contributed by atoms with Crippen LogP contribution in [0, 0.1) is 13.8 Å². The SMILES string of the molecule is Cc1nc(C)n(CC(=O)Nc2cccc(N)c2)n1. The zero-order valence-corrected chi connectivity index (χ0v) is 10.3. The molecule has 1 heterocycles. The van der Waals surface area contributed by atoms with Crippen molar-refractivity contribution in [3.8, 4) is 0 Å². The van der Waals surface area contributed by atoms with Crippen molar-refractivity contribution in [1.82, 2.24) is 14.8 Å². The first kappa shape index (κ1) is 12.1. The first-order chi connectivity index (χ1) is 8.54. The third kappa shape index (κ3) is 2.85. The number of carbonyl (C=O) groups is 1. The van der Waals surface area contributed by atoms with Crippen LogP contribution in [-0.2, 0) is 11.3 Å². The average Bonchev–Trinajstić information content (AvgIpc) is 2.57. The predicted molar refractivity (Wildman–Crippen MR) is 69.0 cm³/mol. The molecule has 0 spiro atoms. The number of anilines is 2. The summed E-state index contributed by atoms with van der Waals surface area (Å²) in [5.74, 6) is 1.22. The number of nitrogens with zero attached hydrogens (tertiary/aromatic N) is 3. The number of hydrogen-bond acceptors (Lipinski definition) is 4. The van der Waals surface area contributed by atoms with Gasteiger partial charge in [-0.25, -0.2) is 9.67 Å². The number of nitrogen functional groups attached to an aromatic ring is 1. The molecular weight excluding hydrogens is 230 g/mol. The van der Waals surface area contributed by atoms with Crippen molar-refractivity contribution in [3.05, 3.63) is 35.9 Å². The number of benzene rings is 1. The third-order valence-corrected chi connectivity index (χ3v) is 2.43. The van der Waals surface area contributed by atoms with Gasteiger partial charge in [-0.15, -0.1) is 0 Å². The molecule has 0 atom stereocenters. The van der Waals surface area contributed by atoms with Crippen LogP contribution in [0.4, 0.5) is 11.4 Å². The fraction of sp³-hybridized carbons (Fsp3) is 0.250. The van der Waals surface area contributed by atoms with E-state index in [0.717, 1.165) is 5.82 Å². The molecule has 94 valence electrons. The maximum atomic E-state index is 11.8. The summed E-state index contributed by atoms with van der Waals surface area (Å²) in [4.78, 5) is 16.0. The van der Waals surface area contributed by atoms with Crippen LogP contribution in [-0.4, -0.2) is 20.7 Å². The van der Waals surface area contributed by atoms with E-state index >= 15 is 0 Å². The fourth-order valence-electron chi connectivity index (χ4n) is 1.66. The number of carbonyl (C=O) groups excluding carboxylic acids is 1. The summed E-state index contributed by atoms with van der Waals surface area (Å²) in [5, 5.41) is 6.89. The van der Waals surface area contributed by atoms with E-state index in [-0.39, 0.29) is 12.5 Å². The molecule has 0 unspecified atom stereocenters. The van der Waals surface area contributed by atoms with Crippen molar-refractivity contribution in [2.75, 3.05) is 11.1 Å². The molecule has 0 saturated heterocycles. The van der Waals surface area contributed by atoms with Gasteiger partial charge in [-0.05, 0) is 32.0 Å². The zero-order valence-electron chi connectivity index (χ0n) is 10.3. The molecular formula is C12H15N5O. The smallest absolute Gasteiger partial charge is 0.246 e. The summed E-state index contributed by atoms with van der Waals surface area (Å²) in [7, 11) is 0. The van der Waals surface area contributed by atoms with Gasteiger partial charge in [0.05, 0.1) is 0 Å². The highest BCUT2D eigenvalue weighted by atomic mass is 16.2. The number of nitrogens with one attached hydrogen (secondary N) is 1. The summed E-state index contributed by atoms with van der Waals surface area (Å²) < 4.78 is 1.57. The van der Waals surface area contributed by atoms with Crippen LogP contribution in [0.15, 0.2) is 24.3 Å². The lowest BCUT2D eigenvalue weighted by Gasteiger charge is -2.06. The van der Waals surface area contributed by atoms with Gasteiger partial charge in [-0.2, -0.15) is 5.10 Å². The Kier molecular flexibility index (Phi) is 3.27. The van der Waals surface area contributed by atoms with Crippen LogP contribution in [0.2, 0.25) is 0 Å². The van der Waals surface area contributed by atoms with Crippen LogP contribution >= 0.6 is 0 Å². The molecule has 3 N–H and O–H groups in total. The molecule has 2 aromatic rings. The summed E-state index contributed by atoms with van der Waals surface area (Å²) in [6, 6.07) is 7.04. The van der Waals surface area contributed by atoms with Gasteiger partial charge in [-0.3, -0.25) is 4.79 Å². The molecule has 2 rings (SSSR count). The molecule has 1 amide bonds. The minimum atomic E-state index is -0.159. The van der Waals surface area contributed by atoms with Crippen LogP contribution in [0.3, 0.4) is 0 Å². The Morgan fingerprint density at radius 1 is 1.44 bits per heavy atom. The molecule has 0 radical (unpaired) electrons. The first-order valence-corrected chi connectivity index (χ1v) is 5.58. The van der Waals surface area contributed by atoms with E-state index in [1.165, 1.54) is 0 Å². The lowest BCUT2D eigenvalue weighted by atomic mass is 10.3. The molecule has 0 fully saturated rings. The van der Waals surface area contributed by atoms with Crippen molar-refractivity contribution in [2.45, 2.75) is 20.4 Å². The molecule has 0 bridgehead atoms. The minimum Gasteiger partial charge on any atom is -0.399 e. The van der Waals surface area contributed by atoms with E-state index in [0.29, 0.717) is 17.2 Å². The van der Waals surface area contributed by atoms with Gasteiger partial charge in [-0.1, -0.05) is 6.07 Å². The number of amides is 1. The van der Waals surface area contributed by atoms with Crippen LogP contribution in [0.25, 0.3) is 0 Å². The Labute approximate surface area is 105 Å². The Morgan fingerprint density at radius 3 is 2.83 bits per heavy atom. The van der Waals surface area contributed by atoms with E-state index in [2.05, 4.69) is 15.4 Å². The highest BCUT2D eigenvalue weighted by molar-refractivity contribution is 5.90. The lowest BCUT2D eigenvalue weighted by Crippen LogP contribution is -2.20. The molecule has 1 aromatic carbocycles. The number of aryl methyl sites for hydroxylation is 2. The second-order valence-electron chi connectivity index (χ2n) is 4.04. The quantitative estimate of drug-likeness (QED) is 0.793. The summed E-state index contributed by atoms with van der Waals surface area (Å²) in [5.41, 5.74) is 6.92. The fourth-order valence-corrected chi connectivity index (χ4v) is 1.66. The topological polar surface area (TPSA) is 85.8 Å². The molecule has 0 saturated carbocycles. The Morgan fingerprint density at radius 2 is 2.22 bits per heavy atom. The monoisotopic (exact) mass is 245 g/mol. The van der Waals surface area contributed by atoms with E-state index in [1.54, 1.807) is 35.9 Å². The number of nitrogens with two attached hydrogens (primary N) is 1. The highest BCUT2D eigenvalue weighted by Crippen LogP contribution is 2.11. The van der Waals surface area contributed by atoms with Crippen LogP contribution < -0.4 is 11.1 Å². The van der Waals surface area contributed by atoms with E-state index in [4.69, 9.17) is 5.73 Å². The average molecular weight is 245 g/mol. The normalized spacial score (nSPS) is 10.3. The van der Waals surface area contributed by atoms with E-state index < -0.39 is 0 Å². The van der Waals surface area contributed by atoms with Crippen molar-refractivity contribution in [1.29, 1.82) is 0 Å². The van der Waals surface area contributed by atoms with E-state index in [1.807, 2.05) is 6.92 Å². The minimum absolute atomic E-state index is 0.140. The molecule has 0 aliphatic carbocycles. The maximum absolute atomic E-state index is 11.8. The molecule has 1 aromatic heterocycles. The second-order valence-corrected chi connectivity index (χ2v) is 4.04. The van der Waals surface area contributed by atoms with Crippen molar-refractivity contribution < 1.29 is 4.79 Å². The molecule has 6 heteroatoms. The highest BCUT2D eigenvalue weighted by Gasteiger charge is 2.08. The van der Waals surface area contributed by atoms with Crippen molar-refractivity contribution in [3.63, 3.8) is 0 Å². The van der Waals surface area contributed by atoms with Gasteiger partial charge >= 0.3 is 0 Å². The maximum Gasteiger partial charge on any atom is 0.246 e. The summed E-state index contributed by atoms with van der Waals surface area (Å²) in [6.07, 6.45) is 0. The molecule has 18 heavy (non-hydrogen) atoms. The van der Waals surface area contributed by atoms with Gasteiger partial charge < -0.3 is 11.1 Å². The van der Waals surface area contributed by atoms with Gasteiger partial charge in [0.15, 0.2) is 0 Å². The first-order valence-electron chi connectivity index (χ1n) is 5.58. The molecule has 0 aliphatic heterocycles. The Balaban J connectivity index is 2.03. The lowest BCUT2D eigenvalue weighted by molar-refractivity contribution is -0.116. The number of hydrogen-bond donors (Lipinski definition) is 2. The van der Waals surface area contributed by atoms with Gasteiger partial charge in [0.2, 0.25) is 5.91 Å². The van der Waals surface area contributed by atoms with Crippen LogP contribution in [0.5, 0.6) is 0 Å². The van der Waals surface area contributed by atoms with Crippen LogP contribution in [0.1, 0.15) is 11.6 Å². The van der Waals surface area contributed by atoms with Gasteiger partial charge in [0.1, 0.15) is 18.2 Å². The summed E-state index contributed by atoms with van der Waals surface area (Å²) in [6.45, 7) is 3.74. The molecule has 6 nitrogen and oxygen atoms in total. The van der Waals surface area contributed by atoms with Crippen molar-refractivity contribution >= 4 is 17.3 Å². The Bertz CT molecular complexity index is 576. The van der Waals surface area contributed by atoms with Crippen molar-refractivity contribution in [2.24, 2.45) is 0 Å². The van der Waals surface area contributed by atoms with E-state index in [9.17, 15) is 4.79 Å². The molecule has 0 aliphatic rings. The van der Waals surface area contributed by atoms with Gasteiger partial charge in [0.25, 0.3) is 0 Å². The standard InChI is InChI=1S/C12H15N5O/c1-8-14-9(2)17(16-8)7-12(18)15-11-5-3-4-10(13)6-11/h3-6H,7,13H2,1-2H3,(H,15,18). The summed E-state index contributed by atoms with van der Waals surface area (Å²) >= 11 is 0.